The summed E-state index contributed by atoms with van der Waals surface area (Å²) in [5.41, 5.74) is 2.29. The van der Waals surface area contributed by atoms with Gasteiger partial charge in [0, 0.05) is 11.3 Å². The van der Waals surface area contributed by atoms with Crippen LogP contribution >= 0.6 is 27.7 Å². The molecule has 0 bridgehead atoms. The summed E-state index contributed by atoms with van der Waals surface area (Å²) in [5.74, 6) is -1.05. The van der Waals surface area contributed by atoms with Crippen molar-refractivity contribution >= 4 is 56.5 Å². The third-order valence-corrected chi connectivity index (χ3v) is 6.61. The number of carbonyl (C=O) groups is 3. The van der Waals surface area contributed by atoms with Crippen LogP contribution in [-0.2, 0) is 16.2 Å². The number of amides is 3. The standard InChI is InChI=1S/C26H17BrFN3O4S/c27-21-11-16(5-10-22(21)35-15-18-4-2-1-3-17(18)13-29)12-23-25(33)31(26(34)36-23)14-24(32)30-20-8-6-19(28)7-9-20/h1-12H,14-15H2,(H,30,32)/b23-12-. The maximum atomic E-state index is 13.0. The molecule has 1 heterocycles. The highest BCUT2D eigenvalue weighted by Gasteiger charge is 2.36. The van der Waals surface area contributed by atoms with Crippen LogP contribution in [0.5, 0.6) is 5.75 Å². The zero-order valence-corrected chi connectivity index (χ0v) is 20.9. The van der Waals surface area contributed by atoms with Crippen LogP contribution in [-0.4, -0.2) is 28.5 Å². The van der Waals surface area contributed by atoms with Gasteiger partial charge in [-0.25, -0.2) is 4.39 Å². The van der Waals surface area contributed by atoms with Crippen molar-refractivity contribution in [1.29, 1.82) is 5.26 Å². The van der Waals surface area contributed by atoms with E-state index >= 15 is 0 Å². The molecule has 0 radical (unpaired) electrons. The van der Waals surface area contributed by atoms with Crippen LogP contribution in [0.1, 0.15) is 16.7 Å². The van der Waals surface area contributed by atoms with Gasteiger partial charge in [0.2, 0.25) is 5.91 Å². The number of nitrogens with zero attached hydrogens (tertiary/aromatic N) is 2. The van der Waals surface area contributed by atoms with Crippen LogP contribution in [0, 0.1) is 17.1 Å². The smallest absolute Gasteiger partial charge is 0.294 e. The minimum Gasteiger partial charge on any atom is -0.488 e. The molecule has 1 aliphatic rings. The van der Waals surface area contributed by atoms with E-state index < -0.39 is 29.4 Å². The Morgan fingerprint density at radius 2 is 1.89 bits per heavy atom. The Balaban J connectivity index is 1.40. The highest BCUT2D eigenvalue weighted by Crippen LogP contribution is 2.34. The normalized spacial score (nSPS) is 14.1. The third kappa shape index (κ3) is 6.00. The van der Waals surface area contributed by atoms with E-state index in [9.17, 15) is 24.0 Å². The second kappa shape index (κ2) is 11.2. The quantitative estimate of drug-likeness (QED) is 0.368. The molecule has 36 heavy (non-hydrogen) atoms. The van der Waals surface area contributed by atoms with Gasteiger partial charge < -0.3 is 10.1 Å². The second-order valence-electron chi connectivity index (χ2n) is 7.57. The lowest BCUT2D eigenvalue weighted by atomic mass is 10.1. The van der Waals surface area contributed by atoms with Crippen molar-refractivity contribution in [3.05, 3.63) is 98.6 Å². The molecule has 1 N–H and O–H groups in total. The van der Waals surface area contributed by atoms with Gasteiger partial charge in [0.05, 0.1) is 21.0 Å². The number of thioether (sulfide) groups is 1. The van der Waals surface area contributed by atoms with Crippen LogP contribution in [0.2, 0.25) is 0 Å². The van der Waals surface area contributed by atoms with Gasteiger partial charge in [0.1, 0.15) is 24.7 Å². The lowest BCUT2D eigenvalue weighted by molar-refractivity contribution is -0.127. The predicted octanol–water partition coefficient (Wildman–Crippen LogP) is 5.71. The van der Waals surface area contributed by atoms with E-state index in [1.807, 2.05) is 12.1 Å². The van der Waals surface area contributed by atoms with Gasteiger partial charge in [-0.2, -0.15) is 5.26 Å². The number of halogens is 2. The van der Waals surface area contributed by atoms with Gasteiger partial charge in [-0.3, -0.25) is 19.3 Å². The van der Waals surface area contributed by atoms with E-state index in [0.29, 0.717) is 27.0 Å². The number of carbonyl (C=O) groups excluding carboxylic acids is 3. The topological polar surface area (TPSA) is 99.5 Å². The molecule has 3 amide bonds. The van der Waals surface area contributed by atoms with Crippen molar-refractivity contribution in [3.8, 4) is 11.8 Å². The lowest BCUT2D eigenvalue weighted by Gasteiger charge is -2.12. The first-order valence-electron chi connectivity index (χ1n) is 10.5. The van der Waals surface area contributed by atoms with Crippen LogP contribution in [0.25, 0.3) is 6.08 Å². The number of rotatable bonds is 7. The van der Waals surface area contributed by atoms with Crippen LogP contribution in [0.4, 0.5) is 14.9 Å². The van der Waals surface area contributed by atoms with Crippen molar-refractivity contribution in [2.24, 2.45) is 0 Å². The van der Waals surface area contributed by atoms with Gasteiger partial charge in [-0.05, 0) is 81.8 Å². The fraction of sp³-hybridized carbons (Fsp3) is 0.0769. The minimum absolute atomic E-state index is 0.179. The molecule has 1 saturated heterocycles. The summed E-state index contributed by atoms with van der Waals surface area (Å²) in [6.45, 7) is -0.249. The summed E-state index contributed by atoms with van der Waals surface area (Å²) in [6, 6.07) is 19.6. The number of ether oxygens (including phenoxy) is 1. The Bertz CT molecular complexity index is 1420. The molecule has 4 rings (SSSR count). The molecule has 1 aliphatic heterocycles. The number of imide groups is 1. The summed E-state index contributed by atoms with van der Waals surface area (Å²) in [5, 5.41) is 11.2. The van der Waals surface area contributed by atoms with Gasteiger partial charge in [0.15, 0.2) is 0 Å². The first-order chi connectivity index (χ1) is 17.3. The fourth-order valence-electron chi connectivity index (χ4n) is 3.30. The Hall–Kier alpha value is -3.94. The van der Waals surface area contributed by atoms with Gasteiger partial charge in [-0.15, -0.1) is 0 Å². The Kier molecular flexibility index (Phi) is 7.83. The Morgan fingerprint density at radius 3 is 2.61 bits per heavy atom. The molecule has 7 nitrogen and oxygen atoms in total. The molecule has 0 aromatic heterocycles. The molecule has 3 aromatic rings. The summed E-state index contributed by atoms with van der Waals surface area (Å²) in [6.07, 6.45) is 1.56. The minimum atomic E-state index is -0.580. The van der Waals surface area contributed by atoms with Gasteiger partial charge in [-0.1, -0.05) is 24.3 Å². The largest absolute Gasteiger partial charge is 0.488 e. The Labute approximate surface area is 218 Å². The summed E-state index contributed by atoms with van der Waals surface area (Å²) < 4.78 is 19.5. The van der Waals surface area contributed by atoms with Crippen molar-refractivity contribution in [3.63, 3.8) is 0 Å². The summed E-state index contributed by atoms with van der Waals surface area (Å²) in [7, 11) is 0. The average Bonchev–Trinajstić information content (AvgIpc) is 3.12. The molecule has 180 valence electrons. The number of hydrogen-bond acceptors (Lipinski definition) is 6. The summed E-state index contributed by atoms with van der Waals surface area (Å²) in [4.78, 5) is 38.4. The fourth-order valence-corrected chi connectivity index (χ4v) is 4.65. The molecule has 0 unspecified atom stereocenters. The van der Waals surface area contributed by atoms with Crippen molar-refractivity contribution < 1.29 is 23.5 Å². The number of nitriles is 1. The highest BCUT2D eigenvalue weighted by molar-refractivity contribution is 9.10. The number of benzene rings is 3. The van der Waals surface area contributed by atoms with Crippen molar-refractivity contribution in [2.75, 3.05) is 11.9 Å². The van der Waals surface area contributed by atoms with Crippen LogP contribution in [0.3, 0.4) is 0 Å². The average molecular weight is 566 g/mol. The van der Waals surface area contributed by atoms with E-state index in [-0.39, 0.29) is 11.5 Å². The van der Waals surface area contributed by atoms with E-state index in [1.54, 1.807) is 36.4 Å². The second-order valence-corrected chi connectivity index (χ2v) is 9.42. The molecule has 0 atom stereocenters. The lowest BCUT2D eigenvalue weighted by Crippen LogP contribution is -2.36. The monoisotopic (exact) mass is 565 g/mol. The molecule has 0 saturated carbocycles. The van der Waals surface area contributed by atoms with E-state index in [2.05, 4.69) is 27.3 Å². The molecular weight excluding hydrogens is 549 g/mol. The third-order valence-electron chi connectivity index (χ3n) is 5.08. The Morgan fingerprint density at radius 1 is 1.14 bits per heavy atom. The van der Waals surface area contributed by atoms with E-state index in [0.717, 1.165) is 22.2 Å². The molecule has 10 heteroatoms. The first kappa shape index (κ1) is 25.2. The van der Waals surface area contributed by atoms with Crippen LogP contribution in [0.15, 0.2) is 76.1 Å². The number of hydrogen-bond donors (Lipinski definition) is 1. The van der Waals surface area contributed by atoms with E-state index in [4.69, 9.17) is 4.74 Å². The molecule has 3 aromatic carbocycles. The summed E-state index contributed by atoms with van der Waals surface area (Å²) >= 11 is 4.19. The zero-order chi connectivity index (χ0) is 25.7. The molecular formula is C26H17BrFN3O4S. The molecule has 1 fully saturated rings. The van der Waals surface area contributed by atoms with Crippen LogP contribution < -0.4 is 10.1 Å². The van der Waals surface area contributed by atoms with Crippen molar-refractivity contribution in [2.45, 2.75) is 6.61 Å². The van der Waals surface area contributed by atoms with E-state index in [1.165, 1.54) is 24.3 Å². The van der Waals surface area contributed by atoms with Crippen molar-refractivity contribution in [1.82, 2.24) is 4.90 Å². The van der Waals surface area contributed by atoms with Gasteiger partial charge >= 0.3 is 0 Å². The SMILES string of the molecule is N#Cc1ccccc1COc1ccc(/C=C2\SC(=O)N(CC(=O)Nc3ccc(F)cc3)C2=O)cc1Br. The number of anilines is 1. The van der Waals surface area contributed by atoms with Gasteiger partial charge in [0.25, 0.3) is 11.1 Å². The first-order valence-corrected chi connectivity index (χ1v) is 12.2. The molecule has 0 spiro atoms. The maximum Gasteiger partial charge on any atom is 0.294 e. The predicted molar refractivity (Wildman–Crippen MR) is 137 cm³/mol. The number of nitrogens with one attached hydrogen (secondary N) is 1. The molecule has 0 aliphatic carbocycles. The highest BCUT2D eigenvalue weighted by atomic mass is 79.9. The zero-order valence-electron chi connectivity index (χ0n) is 18.5. The maximum absolute atomic E-state index is 13.0.